The first-order chi connectivity index (χ1) is 13.6. The minimum absolute atomic E-state index is 0.0461. The van der Waals surface area contributed by atoms with Crippen LogP contribution in [0.15, 0.2) is 111 Å². The summed E-state index contributed by atoms with van der Waals surface area (Å²) in [6.07, 6.45) is 8.32. The third kappa shape index (κ3) is 2.26. The molecule has 0 spiro atoms. The van der Waals surface area contributed by atoms with Crippen LogP contribution in [0.5, 0.6) is 0 Å². The maximum atomic E-state index is 2.50. The average molecular weight is 383 g/mol. The van der Waals surface area contributed by atoms with Crippen LogP contribution in [0.4, 0.5) is 0 Å². The summed E-state index contributed by atoms with van der Waals surface area (Å²) < 4.78 is 0.0461. The molecule has 3 aromatic rings. The molecule has 1 aliphatic carbocycles. The van der Waals surface area contributed by atoms with Crippen LogP contribution in [0.25, 0.3) is 11.1 Å². The molecule has 0 bridgehead atoms. The van der Waals surface area contributed by atoms with Gasteiger partial charge in [0.15, 0.2) is 0 Å². The minimum Gasteiger partial charge on any atom is -0.150 e. The summed E-state index contributed by atoms with van der Waals surface area (Å²) in [4.78, 5) is 4.50. The van der Waals surface area contributed by atoms with E-state index < -0.39 is 10.0 Å². The van der Waals surface area contributed by atoms with Crippen molar-refractivity contribution in [2.75, 3.05) is 0 Å². The number of benzene rings is 3. The van der Waals surface area contributed by atoms with Crippen molar-refractivity contribution in [3.8, 4) is 11.1 Å². The highest BCUT2D eigenvalue weighted by Crippen LogP contribution is 2.82. The summed E-state index contributed by atoms with van der Waals surface area (Å²) in [5.74, 6) is 0. The Bertz CT molecular complexity index is 1070. The fraction of sp³-hybridized carbons (Fsp3) is 0.185. The van der Waals surface area contributed by atoms with Gasteiger partial charge >= 0.3 is 0 Å². The van der Waals surface area contributed by atoms with Gasteiger partial charge in [0.2, 0.25) is 0 Å². The zero-order valence-electron chi connectivity index (χ0n) is 16.8. The maximum Gasteiger partial charge on any atom is 0.0308 e. The molecule has 1 atom stereocenters. The van der Waals surface area contributed by atoms with Crippen molar-refractivity contribution in [2.24, 2.45) is 0 Å². The lowest BCUT2D eigenvalue weighted by Crippen LogP contribution is -2.31. The van der Waals surface area contributed by atoms with Crippen LogP contribution in [-0.4, -0.2) is 4.75 Å². The van der Waals surface area contributed by atoms with Gasteiger partial charge in [0.05, 0.1) is 0 Å². The van der Waals surface area contributed by atoms with E-state index in [9.17, 15) is 0 Å². The van der Waals surface area contributed by atoms with Crippen LogP contribution in [-0.2, 0) is 0 Å². The van der Waals surface area contributed by atoms with Crippen LogP contribution < -0.4 is 0 Å². The van der Waals surface area contributed by atoms with Crippen molar-refractivity contribution < 1.29 is 0 Å². The predicted molar refractivity (Wildman–Crippen MR) is 121 cm³/mol. The van der Waals surface area contributed by atoms with E-state index in [1.54, 1.807) is 0 Å². The zero-order chi connectivity index (χ0) is 19.4. The van der Waals surface area contributed by atoms with Crippen molar-refractivity contribution in [3.05, 3.63) is 102 Å². The van der Waals surface area contributed by atoms with E-state index in [4.69, 9.17) is 0 Å². The molecule has 0 radical (unpaired) electrons. The molecule has 0 nitrogen and oxygen atoms in total. The van der Waals surface area contributed by atoms with E-state index in [2.05, 4.69) is 112 Å². The summed E-state index contributed by atoms with van der Waals surface area (Å²) in [5, 5.41) is 0. The number of allylic oxidation sites excluding steroid dienone is 3. The lowest BCUT2D eigenvalue weighted by Gasteiger charge is -2.52. The topological polar surface area (TPSA) is 0 Å². The fourth-order valence-corrected chi connectivity index (χ4v) is 9.85. The highest BCUT2D eigenvalue weighted by atomic mass is 32.3. The Balaban J connectivity index is 1.91. The second-order valence-corrected chi connectivity index (χ2v) is 11.7. The van der Waals surface area contributed by atoms with Gasteiger partial charge < -0.3 is 0 Å². The van der Waals surface area contributed by atoms with Crippen molar-refractivity contribution in [1.82, 2.24) is 0 Å². The molecule has 1 heteroatoms. The van der Waals surface area contributed by atoms with Gasteiger partial charge in [-0.25, -0.2) is 0 Å². The van der Waals surface area contributed by atoms with Crippen molar-refractivity contribution >= 4 is 10.0 Å². The van der Waals surface area contributed by atoms with Gasteiger partial charge in [0, 0.05) is 14.5 Å². The molecule has 0 saturated heterocycles. The van der Waals surface area contributed by atoms with Gasteiger partial charge in [-0.3, -0.25) is 0 Å². The number of fused-ring (bicyclic) bond motifs is 3. The molecule has 0 fully saturated rings. The highest BCUT2D eigenvalue weighted by molar-refractivity contribution is 8.35. The Morgan fingerprint density at radius 3 is 1.86 bits per heavy atom. The molecule has 2 aliphatic rings. The first-order valence-corrected chi connectivity index (χ1v) is 11.6. The number of hydrogen-bond donors (Lipinski definition) is 0. The molecule has 1 aliphatic heterocycles. The Labute approximate surface area is 169 Å². The van der Waals surface area contributed by atoms with Crippen molar-refractivity contribution in [3.63, 3.8) is 0 Å². The van der Waals surface area contributed by atoms with E-state index in [0.29, 0.717) is 0 Å². The van der Waals surface area contributed by atoms with E-state index >= 15 is 0 Å². The summed E-state index contributed by atoms with van der Waals surface area (Å²) >= 11 is 0. The monoisotopic (exact) mass is 382 g/mol. The molecular weight excluding hydrogens is 356 g/mol. The highest BCUT2D eigenvalue weighted by Gasteiger charge is 2.51. The Hall–Kier alpha value is -2.51. The SMILES string of the molecule is CC1=CCC(C)(S2(c3ccc(C)cc3)c3ccccc3-c3ccccc32)C=C1. The third-order valence-corrected chi connectivity index (χ3v) is 11.0. The largest absolute Gasteiger partial charge is 0.150 e. The summed E-state index contributed by atoms with van der Waals surface area (Å²) in [6, 6.07) is 27.5. The average Bonchev–Trinajstić information content (AvgIpc) is 3.03. The Morgan fingerprint density at radius 2 is 1.32 bits per heavy atom. The molecular formula is C27H26S. The first-order valence-electron chi connectivity index (χ1n) is 10.0. The first kappa shape index (κ1) is 17.6. The van der Waals surface area contributed by atoms with Crippen LogP contribution in [0.1, 0.15) is 25.8 Å². The molecule has 5 rings (SSSR count). The van der Waals surface area contributed by atoms with Gasteiger partial charge in [0.1, 0.15) is 0 Å². The lowest BCUT2D eigenvalue weighted by molar-refractivity contribution is 0.769. The maximum absolute atomic E-state index is 2.50. The second kappa shape index (κ2) is 6.25. The Kier molecular flexibility index (Phi) is 3.93. The summed E-state index contributed by atoms with van der Waals surface area (Å²) in [6.45, 7) is 6.86. The molecule has 0 aromatic heterocycles. The van der Waals surface area contributed by atoms with Gasteiger partial charge in [0.25, 0.3) is 0 Å². The van der Waals surface area contributed by atoms with Gasteiger partial charge in [-0.05, 0) is 67.5 Å². The molecule has 140 valence electrons. The molecule has 3 aromatic carbocycles. The third-order valence-electron chi connectivity index (χ3n) is 6.33. The molecule has 0 N–H and O–H groups in total. The number of rotatable bonds is 2. The van der Waals surface area contributed by atoms with E-state index in [1.165, 1.54) is 36.9 Å². The quantitative estimate of drug-likeness (QED) is 0.422. The van der Waals surface area contributed by atoms with Crippen LogP contribution >= 0.6 is 10.0 Å². The van der Waals surface area contributed by atoms with Crippen LogP contribution in [0.2, 0.25) is 0 Å². The molecule has 1 heterocycles. The molecule has 0 amide bonds. The Morgan fingerprint density at radius 1 is 0.750 bits per heavy atom. The summed E-state index contributed by atoms with van der Waals surface area (Å²) in [5.41, 5.74) is 5.51. The minimum atomic E-state index is -1.43. The predicted octanol–water partition coefficient (Wildman–Crippen LogP) is 7.92. The standard InChI is InChI=1S/C27H26S/c1-20-12-14-22(15-13-20)28(27(3)18-16-21(2)17-19-27)25-10-6-4-8-23(25)24-9-5-7-11-26(24)28/h4-18H,19H2,1-3H3. The molecule has 1 unspecified atom stereocenters. The summed E-state index contributed by atoms with van der Waals surface area (Å²) in [7, 11) is -1.43. The van der Waals surface area contributed by atoms with Gasteiger partial charge in [-0.2, -0.15) is 0 Å². The molecule has 28 heavy (non-hydrogen) atoms. The van der Waals surface area contributed by atoms with E-state index in [0.717, 1.165) is 6.42 Å². The van der Waals surface area contributed by atoms with Crippen LogP contribution in [0, 0.1) is 6.92 Å². The molecule has 0 saturated carbocycles. The van der Waals surface area contributed by atoms with Gasteiger partial charge in [-0.1, -0.05) is 77.9 Å². The smallest absolute Gasteiger partial charge is 0.0308 e. The van der Waals surface area contributed by atoms with Gasteiger partial charge in [-0.15, -0.1) is 10.0 Å². The fourth-order valence-electron chi connectivity index (χ4n) is 4.83. The number of hydrogen-bond acceptors (Lipinski definition) is 0. The van der Waals surface area contributed by atoms with Crippen molar-refractivity contribution in [2.45, 2.75) is 46.6 Å². The van der Waals surface area contributed by atoms with Crippen LogP contribution in [0.3, 0.4) is 0 Å². The van der Waals surface area contributed by atoms with E-state index in [1.807, 2.05) is 0 Å². The normalized spacial score (nSPS) is 22.9. The number of aryl methyl sites for hydroxylation is 1. The lowest BCUT2D eigenvalue weighted by atomic mass is 9.98. The second-order valence-electron chi connectivity index (χ2n) is 8.22. The van der Waals surface area contributed by atoms with Crippen molar-refractivity contribution in [1.29, 1.82) is 0 Å². The van der Waals surface area contributed by atoms with E-state index in [-0.39, 0.29) is 4.75 Å². The zero-order valence-corrected chi connectivity index (χ0v) is 17.6.